The van der Waals surface area contributed by atoms with Crippen LogP contribution in [0.1, 0.15) is 18.9 Å². The molecule has 2 aromatic rings. The highest BCUT2D eigenvalue weighted by atomic mass is 35.5. The molecule has 0 bridgehead atoms. The van der Waals surface area contributed by atoms with Gasteiger partial charge in [0.2, 0.25) is 11.8 Å². The number of carbonyl (C=O) groups excluding carboxylic acids is 2. The lowest BCUT2D eigenvalue weighted by Gasteiger charge is -2.11. The van der Waals surface area contributed by atoms with E-state index in [4.69, 9.17) is 23.8 Å². The summed E-state index contributed by atoms with van der Waals surface area (Å²) in [5, 5.41) is 9.13. The Morgan fingerprint density at radius 2 is 1.64 bits per heavy atom. The SMILES string of the molecule is CCC(=O)Nc1cccc(NC(=S)NC(=O)Cc2ccc(Cl)cc2)c1. The lowest BCUT2D eigenvalue weighted by atomic mass is 10.1. The molecule has 25 heavy (non-hydrogen) atoms. The molecule has 7 heteroatoms. The van der Waals surface area contributed by atoms with Gasteiger partial charge in [0.15, 0.2) is 5.11 Å². The second kappa shape index (κ2) is 9.15. The molecule has 0 aliphatic carbocycles. The van der Waals surface area contributed by atoms with Crippen LogP contribution in [-0.2, 0) is 16.0 Å². The Morgan fingerprint density at radius 3 is 2.28 bits per heavy atom. The molecule has 0 aromatic heterocycles. The van der Waals surface area contributed by atoms with Crippen LogP contribution in [0.4, 0.5) is 11.4 Å². The zero-order valence-electron chi connectivity index (χ0n) is 13.6. The number of amides is 2. The maximum absolute atomic E-state index is 12.0. The fourth-order valence-corrected chi connectivity index (χ4v) is 2.40. The van der Waals surface area contributed by atoms with Crippen molar-refractivity contribution in [2.45, 2.75) is 19.8 Å². The molecular formula is C18H18ClN3O2S. The van der Waals surface area contributed by atoms with E-state index in [1.165, 1.54) is 0 Å². The first-order chi connectivity index (χ1) is 12.0. The van der Waals surface area contributed by atoms with E-state index in [0.717, 1.165) is 5.56 Å². The molecule has 0 fully saturated rings. The number of hydrogen-bond donors (Lipinski definition) is 3. The molecule has 2 aromatic carbocycles. The van der Waals surface area contributed by atoms with Crippen molar-refractivity contribution in [1.82, 2.24) is 5.32 Å². The van der Waals surface area contributed by atoms with Crippen LogP contribution in [-0.4, -0.2) is 16.9 Å². The van der Waals surface area contributed by atoms with Crippen molar-refractivity contribution >= 4 is 52.1 Å². The quantitative estimate of drug-likeness (QED) is 0.696. The van der Waals surface area contributed by atoms with Crippen LogP contribution >= 0.6 is 23.8 Å². The fourth-order valence-electron chi connectivity index (χ4n) is 2.04. The molecule has 0 saturated carbocycles. The molecule has 0 aliphatic rings. The Kier molecular flexibility index (Phi) is 6.91. The van der Waals surface area contributed by atoms with Gasteiger partial charge in [0.1, 0.15) is 0 Å². The van der Waals surface area contributed by atoms with Crippen molar-refractivity contribution in [2.24, 2.45) is 0 Å². The second-order valence-corrected chi connectivity index (χ2v) is 6.13. The van der Waals surface area contributed by atoms with Gasteiger partial charge in [-0.05, 0) is 48.1 Å². The minimum absolute atomic E-state index is 0.0732. The molecular weight excluding hydrogens is 358 g/mol. The highest BCUT2D eigenvalue weighted by Crippen LogP contribution is 2.15. The largest absolute Gasteiger partial charge is 0.332 e. The third-order valence-electron chi connectivity index (χ3n) is 3.26. The third kappa shape index (κ3) is 6.52. The van der Waals surface area contributed by atoms with Gasteiger partial charge in [-0.2, -0.15) is 0 Å². The standard InChI is InChI=1S/C18H18ClN3O2S/c1-2-16(23)20-14-4-3-5-15(11-14)21-18(25)22-17(24)10-12-6-8-13(19)9-7-12/h3-9,11H,2,10H2,1H3,(H,20,23)(H2,21,22,24,25). The molecule has 2 rings (SSSR count). The molecule has 2 amide bonds. The molecule has 0 atom stereocenters. The average molecular weight is 376 g/mol. The fraction of sp³-hybridized carbons (Fsp3) is 0.167. The number of thiocarbonyl (C=S) groups is 1. The highest BCUT2D eigenvalue weighted by molar-refractivity contribution is 7.80. The van der Waals surface area contributed by atoms with Crippen molar-refractivity contribution in [3.05, 3.63) is 59.1 Å². The second-order valence-electron chi connectivity index (χ2n) is 5.29. The Balaban J connectivity index is 1.89. The van der Waals surface area contributed by atoms with Crippen molar-refractivity contribution in [1.29, 1.82) is 0 Å². The minimum Gasteiger partial charge on any atom is -0.332 e. The van der Waals surface area contributed by atoms with Crippen molar-refractivity contribution in [2.75, 3.05) is 10.6 Å². The van der Waals surface area contributed by atoms with Crippen molar-refractivity contribution in [3.8, 4) is 0 Å². The van der Waals surface area contributed by atoms with Gasteiger partial charge in [-0.1, -0.05) is 36.7 Å². The number of nitrogens with one attached hydrogen (secondary N) is 3. The van der Waals surface area contributed by atoms with Crippen molar-refractivity contribution in [3.63, 3.8) is 0 Å². The molecule has 0 aliphatic heterocycles. The van der Waals surface area contributed by atoms with Gasteiger partial charge in [0.05, 0.1) is 6.42 Å². The summed E-state index contributed by atoms with van der Waals surface area (Å²) < 4.78 is 0. The summed E-state index contributed by atoms with van der Waals surface area (Å²) in [6.07, 6.45) is 0.600. The van der Waals surface area contributed by atoms with E-state index in [-0.39, 0.29) is 23.3 Å². The van der Waals surface area contributed by atoms with E-state index >= 15 is 0 Å². The van der Waals surface area contributed by atoms with Gasteiger partial charge >= 0.3 is 0 Å². The summed E-state index contributed by atoms with van der Waals surface area (Å²) in [4.78, 5) is 23.5. The first kappa shape index (κ1) is 18.9. The van der Waals surface area contributed by atoms with Crippen LogP contribution in [0.15, 0.2) is 48.5 Å². The van der Waals surface area contributed by atoms with Gasteiger partial charge in [0.25, 0.3) is 0 Å². The predicted octanol–water partition coefficient (Wildman–Crippen LogP) is 3.74. The first-order valence-corrected chi connectivity index (χ1v) is 8.50. The topological polar surface area (TPSA) is 70.2 Å². The van der Waals surface area contributed by atoms with E-state index in [1.807, 2.05) is 0 Å². The van der Waals surface area contributed by atoms with E-state index in [9.17, 15) is 9.59 Å². The van der Waals surface area contributed by atoms with Crippen LogP contribution in [0.25, 0.3) is 0 Å². The molecule has 3 N–H and O–H groups in total. The number of benzene rings is 2. The summed E-state index contributed by atoms with van der Waals surface area (Å²) >= 11 is 11.0. The Bertz CT molecular complexity index is 778. The molecule has 0 heterocycles. The van der Waals surface area contributed by atoms with Crippen LogP contribution in [0.5, 0.6) is 0 Å². The zero-order chi connectivity index (χ0) is 18.2. The minimum atomic E-state index is -0.227. The zero-order valence-corrected chi connectivity index (χ0v) is 15.2. The van der Waals surface area contributed by atoms with E-state index in [2.05, 4.69) is 16.0 Å². The number of carbonyl (C=O) groups is 2. The molecule has 0 unspecified atom stereocenters. The smallest absolute Gasteiger partial charge is 0.230 e. The number of halogens is 1. The highest BCUT2D eigenvalue weighted by Gasteiger charge is 2.07. The molecule has 0 radical (unpaired) electrons. The Labute approximate surface area is 156 Å². The van der Waals surface area contributed by atoms with E-state index in [1.54, 1.807) is 55.5 Å². The van der Waals surface area contributed by atoms with Crippen LogP contribution in [0.3, 0.4) is 0 Å². The van der Waals surface area contributed by atoms with Gasteiger partial charge < -0.3 is 16.0 Å². The maximum Gasteiger partial charge on any atom is 0.230 e. The van der Waals surface area contributed by atoms with Crippen LogP contribution < -0.4 is 16.0 Å². The van der Waals surface area contributed by atoms with Crippen molar-refractivity contribution < 1.29 is 9.59 Å². The lowest BCUT2D eigenvalue weighted by Crippen LogP contribution is -2.35. The van der Waals surface area contributed by atoms with Gasteiger partial charge in [-0.25, -0.2) is 0 Å². The summed E-state index contributed by atoms with van der Waals surface area (Å²) in [6, 6.07) is 14.1. The molecule has 130 valence electrons. The van der Waals surface area contributed by atoms with Crippen LogP contribution in [0.2, 0.25) is 5.02 Å². The number of rotatable bonds is 5. The normalized spacial score (nSPS) is 10.0. The third-order valence-corrected chi connectivity index (χ3v) is 3.71. The predicted molar refractivity (Wildman–Crippen MR) is 105 cm³/mol. The molecule has 0 spiro atoms. The maximum atomic E-state index is 12.0. The lowest BCUT2D eigenvalue weighted by molar-refractivity contribution is -0.119. The van der Waals surface area contributed by atoms with E-state index < -0.39 is 0 Å². The average Bonchev–Trinajstić information content (AvgIpc) is 2.57. The Morgan fingerprint density at radius 1 is 1.00 bits per heavy atom. The Hall–Kier alpha value is -2.44. The first-order valence-electron chi connectivity index (χ1n) is 7.71. The monoisotopic (exact) mass is 375 g/mol. The van der Waals surface area contributed by atoms with Gasteiger partial charge in [-0.3, -0.25) is 9.59 Å². The number of hydrogen-bond acceptors (Lipinski definition) is 3. The molecule has 0 saturated heterocycles. The number of anilines is 2. The van der Waals surface area contributed by atoms with Crippen LogP contribution in [0, 0.1) is 0 Å². The van der Waals surface area contributed by atoms with Gasteiger partial charge in [0, 0.05) is 22.8 Å². The molecule has 5 nitrogen and oxygen atoms in total. The summed E-state index contributed by atoms with van der Waals surface area (Å²) in [6.45, 7) is 1.78. The summed E-state index contributed by atoms with van der Waals surface area (Å²) in [7, 11) is 0. The van der Waals surface area contributed by atoms with E-state index in [0.29, 0.717) is 22.8 Å². The van der Waals surface area contributed by atoms with Gasteiger partial charge in [-0.15, -0.1) is 0 Å². The summed E-state index contributed by atoms with van der Waals surface area (Å²) in [5.74, 6) is -0.300. The summed E-state index contributed by atoms with van der Waals surface area (Å²) in [5.41, 5.74) is 2.17.